The second kappa shape index (κ2) is 6.35. The predicted octanol–water partition coefficient (Wildman–Crippen LogP) is 2.74. The SMILES string of the molecule is Cc1cccc(C(=O)N(CC2CCCN2)C(C)C)c1F. The normalized spacial score (nSPS) is 18.6. The Labute approximate surface area is 120 Å². The van der Waals surface area contributed by atoms with Crippen molar-refractivity contribution < 1.29 is 9.18 Å². The number of hydrogen-bond acceptors (Lipinski definition) is 2. The average molecular weight is 278 g/mol. The summed E-state index contributed by atoms with van der Waals surface area (Å²) in [6.07, 6.45) is 2.22. The number of hydrogen-bond donors (Lipinski definition) is 1. The Bertz CT molecular complexity index is 481. The van der Waals surface area contributed by atoms with Gasteiger partial charge in [-0.15, -0.1) is 0 Å². The highest BCUT2D eigenvalue weighted by Gasteiger charge is 2.26. The molecule has 1 fully saturated rings. The molecule has 1 heterocycles. The minimum atomic E-state index is -0.400. The van der Waals surface area contributed by atoms with E-state index in [0.717, 1.165) is 19.4 Å². The van der Waals surface area contributed by atoms with Crippen molar-refractivity contribution in [1.29, 1.82) is 0 Å². The number of amides is 1. The van der Waals surface area contributed by atoms with E-state index in [1.165, 1.54) is 0 Å². The van der Waals surface area contributed by atoms with Crippen LogP contribution in [0.2, 0.25) is 0 Å². The molecule has 0 bridgehead atoms. The summed E-state index contributed by atoms with van der Waals surface area (Å²) < 4.78 is 14.1. The van der Waals surface area contributed by atoms with Crippen LogP contribution in [0, 0.1) is 12.7 Å². The van der Waals surface area contributed by atoms with Gasteiger partial charge in [-0.05, 0) is 51.8 Å². The molecule has 1 N–H and O–H groups in total. The highest BCUT2D eigenvalue weighted by atomic mass is 19.1. The van der Waals surface area contributed by atoms with Crippen molar-refractivity contribution in [3.8, 4) is 0 Å². The van der Waals surface area contributed by atoms with Crippen LogP contribution in [-0.2, 0) is 0 Å². The first-order valence-electron chi connectivity index (χ1n) is 7.30. The molecular formula is C16H23FN2O. The van der Waals surface area contributed by atoms with Crippen molar-refractivity contribution in [3.63, 3.8) is 0 Å². The first-order valence-corrected chi connectivity index (χ1v) is 7.30. The molecule has 4 heteroatoms. The fraction of sp³-hybridized carbons (Fsp3) is 0.562. The zero-order chi connectivity index (χ0) is 14.7. The standard InChI is InChI=1S/C16H23FN2O/c1-11(2)19(10-13-7-5-9-18-13)16(20)14-8-4-6-12(3)15(14)17/h4,6,8,11,13,18H,5,7,9-10H2,1-3H3. The van der Waals surface area contributed by atoms with E-state index >= 15 is 0 Å². The molecule has 0 aromatic heterocycles. The number of carbonyl (C=O) groups is 1. The third kappa shape index (κ3) is 3.18. The number of nitrogens with zero attached hydrogens (tertiary/aromatic N) is 1. The van der Waals surface area contributed by atoms with Gasteiger partial charge in [-0.3, -0.25) is 4.79 Å². The molecular weight excluding hydrogens is 255 g/mol. The maximum atomic E-state index is 14.1. The van der Waals surface area contributed by atoms with E-state index in [9.17, 15) is 9.18 Å². The molecule has 1 aliphatic heterocycles. The van der Waals surface area contributed by atoms with Crippen molar-refractivity contribution in [3.05, 3.63) is 35.1 Å². The van der Waals surface area contributed by atoms with E-state index in [2.05, 4.69) is 5.32 Å². The molecule has 1 amide bonds. The summed E-state index contributed by atoms with van der Waals surface area (Å²) in [5.41, 5.74) is 0.690. The van der Waals surface area contributed by atoms with E-state index in [0.29, 0.717) is 18.2 Å². The van der Waals surface area contributed by atoms with Crippen LogP contribution in [0.3, 0.4) is 0 Å². The third-order valence-electron chi connectivity index (χ3n) is 3.89. The van der Waals surface area contributed by atoms with Crippen LogP contribution < -0.4 is 5.32 Å². The van der Waals surface area contributed by atoms with E-state index < -0.39 is 5.82 Å². The molecule has 1 aromatic carbocycles. The lowest BCUT2D eigenvalue weighted by Crippen LogP contribution is -2.45. The molecule has 1 unspecified atom stereocenters. The molecule has 1 atom stereocenters. The van der Waals surface area contributed by atoms with E-state index in [4.69, 9.17) is 0 Å². The number of carbonyl (C=O) groups excluding carboxylic acids is 1. The van der Waals surface area contributed by atoms with Crippen LogP contribution in [0.1, 0.15) is 42.6 Å². The minimum absolute atomic E-state index is 0.0600. The summed E-state index contributed by atoms with van der Waals surface area (Å²) >= 11 is 0. The zero-order valence-corrected chi connectivity index (χ0v) is 12.4. The molecule has 1 aromatic rings. The van der Waals surface area contributed by atoms with E-state index in [1.54, 1.807) is 30.0 Å². The summed E-state index contributed by atoms with van der Waals surface area (Å²) in [4.78, 5) is 14.4. The second-order valence-corrected chi connectivity index (χ2v) is 5.78. The van der Waals surface area contributed by atoms with Gasteiger partial charge >= 0.3 is 0 Å². The summed E-state index contributed by atoms with van der Waals surface area (Å²) in [6.45, 7) is 7.28. The monoisotopic (exact) mass is 278 g/mol. The molecule has 110 valence electrons. The van der Waals surface area contributed by atoms with Gasteiger partial charge in [-0.2, -0.15) is 0 Å². The summed E-state index contributed by atoms with van der Waals surface area (Å²) in [5.74, 6) is -0.613. The Morgan fingerprint density at radius 3 is 2.85 bits per heavy atom. The van der Waals surface area contributed by atoms with E-state index in [1.807, 2.05) is 13.8 Å². The molecule has 0 aliphatic carbocycles. The number of aryl methyl sites for hydroxylation is 1. The fourth-order valence-electron chi connectivity index (χ4n) is 2.65. The molecule has 1 aliphatic rings. The fourth-order valence-corrected chi connectivity index (χ4v) is 2.65. The van der Waals surface area contributed by atoms with Crippen LogP contribution in [0.15, 0.2) is 18.2 Å². The van der Waals surface area contributed by atoms with Gasteiger partial charge in [0.1, 0.15) is 5.82 Å². The second-order valence-electron chi connectivity index (χ2n) is 5.78. The van der Waals surface area contributed by atoms with Gasteiger partial charge < -0.3 is 10.2 Å². The molecule has 2 rings (SSSR count). The maximum absolute atomic E-state index is 14.1. The van der Waals surface area contributed by atoms with Crippen LogP contribution in [-0.4, -0.2) is 36.0 Å². The molecule has 1 saturated heterocycles. The molecule has 0 radical (unpaired) electrons. The van der Waals surface area contributed by atoms with Gasteiger partial charge in [-0.25, -0.2) is 4.39 Å². The summed E-state index contributed by atoms with van der Waals surface area (Å²) in [5, 5.41) is 3.39. The highest BCUT2D eigenvalue weighted by molar-refractivity contribution is 5.95. The zero-order valence-electron chi connectivity index (χ0n) is 12.4. The highest BCUT2D eigenvalue weighted by Crippen LogP contribution is 2.17. The minimum Gasteiger partial charge on any atom is -0.335 e. The number of rotatable bonds is 4. The predicted molar refractivity (Wildman–Crippen MR) is 78.3 cm³/mol. The molecule has 0 saturated carbocycles. The van der Waals surface area contributed by atoms with Gasteiger partial charge in [0.25, 0.3) is 5.91 Å². The number of halogens is 1. The molecule has 0 spiro atoms. The van der Waals surface area contributed by atoms with E-state index in [-0.39, 0.29) is 17.5 Å². The van der Waals surface area contributed by atoms with Crippen LogP contribution in [0.4, 0.5) is 4.39 Å². The topological polar surface area (TPSA) is 32.3 Å². The third-order valence-corrected chi connectivity index (χ3v) is 3.89. The number of benzene rings is 1. The van der Waals surface area contributed by atoms with Crippen molar-refractivity contribution >= 4 is 5.91 Å². The Morgan fingerprint density at radius 2 is 2.25 bits per heavy atom. The van der Waals surface area contributed by atoms with Gasteiger partial charge in [0, 0.05) is 18.6 Å². The van der Waals surface area contributed by atoms with Crippen molar-refractivity contribution in [1.82, 2.24) is 10.2 Å². The van der Waals surface area contributed by atoms with Gasteiger partial charge in [0.2, 0.25) is 0 Å². The quantitative estimate of drug-likeness (QED) is 0.918. The average Bonchev–Trinajstić information content (AvgIpc) is 2.91. The Balaban J connectivity index is 2.19. The molecule has 20 heavy (non-hydrogen) atoms. The Morgan fingerprint density at radius 1 is 1.50 bits per heavy atom. The lowest BCUT2D eigenvalue weighted by molar-refractivity contribution is 0.0684. The van der Waals surface area contributed by atoms with Crippen LogP contribution in [0.25, 0.3) is 0 Å². The lowest BCUT2D eigenvalue weighted by Gasteiger charge is -2.30. The van der Waals surface area contributed by atoms with Crippen molar-refractivity contribution in [2.24, 2.45) is 0 Å². The largest absolute Gasteiger partial charge is 0.335 e. The lowest BCUT2D eigenvalue weighted by atomic mass is 10.1. The van der Waals surface area contributed by atoms with Crippen LogP contribution in [0.5, 0.6) is 0 Å². The number of nitrogens with one attached hydrogen (secondary N) is 1. The smallest absolute Gasteiger partial charge is 0.257 e. The maximum Gasteiger partial charge on any atom is 0.257 e. The Kier molecular flexibility index (Phi) is 4.76. The summed E-state index contributed by atoms with van der Waals surface area (Å²) in [6, 6.07) is 5.38. The first kappa shape index (κ1) is 15.0. The van der Waals surface area contributed by atoms with Crippen molar-refractivity contribution in [2.45, 2.75) is 45.7 Å². The van der Waals surface area contributed by atoms with Crippen molar-refractivity contribution in [2.75, 3.05) is 13.1 Å². The van der Waals surface area contributed by atoms with Crippen LogP contribution >= 0.6 is 0 Å². The van der Waals surface area contributed by atoms with Gasteiger partial charge in [0.05, 0.1) is 5.56 Å². The summed E-state index contributed by atoms with van der Waals surface area (Å²) in [7, 11) is 0. The van der Waals surface area contributed by atoms with Gasteiger partial charge in [0.15, 0.2) is 0 Å². The first-order chi connectivity index (χ1) is 9.50. The Hall–Kier alpha value is -1.42. The molecule has 3 nitrogen and oxygen atoms in total. The van der Waals surface area contributed by atoms with Gasteiger partial charge in [-0.1, -0.05) is 12.1 Å².